The quantitative estimate of drug-likeness (QED) is 0.789. The van der Waals surface area contributed by atoms with Gasteiger partial charge >= 0.3 is 0 Å². The largest absolute Gasteiger partial charge is 0.320 e. The summed E-state index contributed by atoms with van der Waals surface area (Å²) < 4.78 is 27.2. The lowest BCUT2D eigenvalue weighted by molar-refractivity contribution is 0.588. The van der Waals surface area contributed by atoms with Crippen LogP contribution in [-0.2, 0) is 10.0 Å². The number of aryl methyl sites for hydroxylation is 2. The molecule has 0 spiro atoms. The van der Waals surface area contributed by atoms with Gasteiger partial charge in [-0.1, -0.05) is 17.7 Å². The van der Waals surface area contributed by atoms with Crippen molar-refractivity contribution in [2.24, 2.45) is 0 Å². The first kappa shape index (κ1) is 14.6. The third-order valence-electron chi connectivity index (χ3n) is 3.90. The maximum Gasteiger partial charge on any atom is 0.268 e. The molecule has 0 saturated heterocycles. The summed E-state index contributed by atoms with van der Waals surface area (Å²) in [5.41, 5.74) is 3.13. The number of rotatable bonds is 2. The van der Waals surface area contributed by atoms with Crippen molar-refractivity contribution in [2.75, 3.05) is 0 Å². The zero-order chi connectivity index (χ0) is 16.1. The molecule has 0 saturated carbocycles. The van der Waals surface area contributed by atoms with Gasteiger partial charge in [-0.2, -0.15) is 0 Å². The lowest BCUT2D eigenvalue weighted by Crippen LogP contribution is -2.15. The minimum absolute atomic E-state index is 0.226. The average molecular weight is 316 g/mol. The van der Waals surface area contributed by atoms with Crippen molar-refractivity contribution in [1.29, 1.82) is 0 Å². The number of nitrogens with one attached hydrogen (secondary N) is 1. The van der Waals surface area contributed by atoms with E-state index in [0.29, 0.717) is 16.7 Å². The Bertz CT molecular complexity index is 1030. The summed E-state index contributed by atoms with van der Waals surface area (Å²) in [6.07, 6.45) is 0. The van der Waals surface area contributed by atoms with Gasteiger partial charge in [-0.25, -0.2) is 12.4 Å². The van der Waals surface area contributed by atoms with E-state index in [9.17, 15) is 13.2 Å². The molecule has 5 nitrogen and oxygen atoms in total. The van der Waals surface area contributed by atoms with Gasteiger partial charge in [0.1, 0.15) is 0 Å². The summed E-state index contributed by atoms with van der Waals surface area (Å²) in [5.74, 6) is 0. The normalized spacial score (nSPS) is 12.0. The number of benzene rings is 1. The van der Waals surface area contributed by atoms with Crippen LogP contribution in [0.1, 0.15) is 16.8 Å². The van der Waals surface area contributed by atoms with Gasteiger partial charge in [-0.15, -0.1) is 0 Å². The highest BCUT2D eigenvalue weighted by Crippen LogP contribution is 2.27. The van der Waals surface area contributed by atoms with Crippen LogP contribution in [0.2, 0.25) is 0 Å². The lowest BCUT2D eigenvalue weighted by atomic mass is 10.2. The summed E-state index contributed by atoms with van der Waals surface area (Å²) in [5, 5.41) is 0. The topological polar surface area (TPSA) is 71.9 Å². The van der Waals surface area contributed by atoms with E-state index in [0.717, 1.165) is 11.1 Å². The third kappa shape index (κ3) is 2.07. The minimum Gasteiger partial charge on any atom is -0.320 e. The minimum atomic E-state index is -3.71. The molecule has 2 heterocycles. The van der Waals surface area contributed by atoms with Gasteiger partial charge < -0.3 is 4.98 Å². The van der Waals surface area contributed by atoms with Gasteiger partial charge in [-0.3, -0.25) is 4.79 Å². The van der Waals surface area contributed by atoms with Gasteiger partial charge in [0.15, 0.2) is 0 Å². The molecular weight excluding hydrogens is 300 g/mol. The predicted octanol–water partition coefficient (Wildman–Crippen LogP) is 2.49. The molecule has 0 radical (unpaired) electrons. The molecular formula is C16H16N2O3S. The molecule has 3 aromatic rings. The number of H-pyrrole nitrogens is 1. The first-order valence-electron chi connectivity index (χ1n) is 6.85. The van der Waals surface area contributed by atoms with Crippen LogP contribution in [0.25, 0.3) is 11.0 Å². The molecule has 22 heavy (non-hydrogen) atoms. The van der Waals surface area contributed by atoms with Gasteiger partial charge in [0.25, 0.3) is 10.0 Å². The lowest BCUT2D eigenvalue weighted by Gasteiger charge is -2.10. The van der Waals surface area contributed by atoms with Crippen LogP contribution < -0.4 is 5.56 Å². The molecule has 0 amide bonds. The molecule has 1 aromatic carbocycles. The van der Waals surface area contributed by atoms with E-state index in [-0.39, 0.29) is 10.5 Å². The van der Waals surface area contributed by atoms with Gasteiger partial charge in [0, 0.05) is 11.8 Å². The molecule has 0 aliphatic heterocycles. The van der Waals surface area contributed by atoms with Crippen molar-refractivity contribution in [1.82, 2.24) is 8.96 Å². The van der Waals surface area contributed by atoms with Crippen molar-refractivity contribution in [3.05, 3.63) is 63.6 Å². The van der Waals surface area contributed by atoms with Crippen molar-refractivity contribution in [3.63, 3.8) is 0 Å². The van der Waals surface area contributed by atoms with Crippen LogP contribution in [0.5, 0.6) is 0 Å². The second kappa shape index (κ2) is 4.84. The molecule has 0 unspecified atom stereocenters. The summed E-state index contributed by atoms with van der Waals surface area (Å²) in [6, 6.07) is 9.60. The zero-order valence-corrected chi connectivity index (χ0v) is 13.4. The Kier molecular flexibility index (Phi) is 3.21. The Morgan fingerprint density at radius 1 is 0.955 bits per heavy atom. The SMILES string of the molecule is Cc1ccc(S(=O)(=O)n2c(C)c(C)c3[nH]c(=O)ccc32)cc1. The third-order valence-corrected chi connectivity index (χ3v) is 5.72. The van der Waals surface area contributed by atoms with Crippen LogP contribution >= 0.6 is 0 Å². The zero-order valence-electron chi connectivity index (χ0n) is 12.5. The standard InChI is InChI=1S/C16H16N2O3S/c1-10-4-6-13(7-5-10)22(20,21)18-12(3)11(2)16-14(18)8-9-15(19)17-16/h4-9H,1-3H3,(H,17,19). The first-order chi connectivity index (χ1) is 10.3. The number of pyridine rings is 1. The van der Waals surface area contributed by atoms with Crippen LogP contribution in [-0.4, -0.2) is 17.4 Å². The molecule has 0 aliphatic carbocycles. The Morgan fingerprint density at radius 2 is 1.59 bits per heavy atom. The fourth-order valence-corrected chi connectivity index (χ4v) is 4.16. The number of aromatic nitrogens is 2. The molecule has 0 aliphatic rings. The molecule has 114 valence electrons. The maximum atomic E-state index is 12.9. The fourth-order valence-electron chi connectivity index (χ4n) is 2.56. The van der Waals surface area contributed by atoms with Gasteiger partial charge in [0.05, 0.1) is 15.9 Å². The van der Waals surface area contributed by atoms with Gasteiger partial charge in [-0.05, 0) is 44.5 Å². The number of fused-ring (bicyclic) bond motifs is 1. The van der Waals surface area contributed by atoms with E-state index in [2.05, 4.69) is 4.98 Å². The molecule has 6 heteroatoms. The second-order valence-corrected chi connectivity index (χ2v) is 7.16. The number of aromatic amines is 1. The summed E-state index contributed by atoms with van der Waals surface area (Å²) in [7, 11) is -3.71. The number of hydrogen-bond donors (Lipinski definition) is 1. The van der Waals surface area contributed by atoms with E-state index < -0.39 is 10.0 Å². The Balaban J connectivity index is 2.37. The Morgan fingerprint density at radius 3 is 2.23 bits per heavy atom. The van der Waals surface area contributed by atoms with Crippen molar-refractivity contribution in [2.45, 2.75) is 25.7 Å². The van der Waals surface area contributed by atoms with Crippen molar-refractivity contribution in [3.8, 4) is 0 Å². The molecule has 3 rings (SSSR count). The molecule has 1 N–H and O–H groups in total. The highest BCUT2D eigenvalue weighted by atomic mass is 32.2. The smallest absolute Gasteiger partial charge is 0.268 e. The highest BCUT2D eigenvalue weighted by molar-refractivity contribution is 7.90. The van der Waals surface area contributed by atoms with E-state index in [1.54, 1.807) is 44.2 Å². The molecule has 2 aromatic heterocycles. The predicted molar refractivity (Wildman–Crippen MR) is 85.8 cm³/mol. The number of hydrogen-bond acceptors (Lipinski definition) is 3. The van der Waals surface area contributed by atoms with Crippen molar-refractivity contribution < 1.29 is 8.42 Å². The van der Waals surface area contributed by atoms with E-state index in [1.807, 2.05) is 6.92 Å². The Labute approximate surface area is 128 Å². The fraction of sp³-hybridized carbons (Fsp3) is 0.188. The summed E-state index contributed by atoms with van der Waals surface area (Å²) in [4.78, 5) is 14.4. The molecule has 0 atom stereocenters. The van der Waals surface area contributed by atoms with Gasteiger partial charge in [0.2, 0.25) is 5.56 Å². The van der Waals surface area contributed by atoms with Crippen LogP contribution in [0.4, 0.5) is 0 Å². The Hall–Kier alpha value is -2.34. The highest BCUT2D eigenvalue weighted by Gasteiger charge is 2.23. The number of nitrogens with zero attached hydrogens (tertiary/aromatic N) is 1. The first-order valence-corrected chi connectivity index (χ1v) is 8.29. The summed E-state index contributed by atoms with van der Waals surface area (Å²) >= 11 is 0. The van der Waals surface area contributed by atoms with E-state index >= 15 is 0 Å². The monoisotopic (exact) mass is 316 g/mol. The maximum absolute atomic E-state index is 12.9. The van der Waals surface area contributed by atoms with Crippen molar-refractivity contribution >= 4 is 21.1 Å². The van der Waals surface area contributed by atoms with E-state index in [4.69, 9.17) is 0 Å². The molecule has 0 fully saturated rings. The molecule has 0 bridgehead atoms. The average Bonchev–Trinajstić information content (AvgIpc) is 2.72. The van der Waals surface area contributed by atoms with Crippen LogP contribution in [0.3, 0.4) is 0 Å². The van der Waals surface area contributed by atoms with Crippen LogP contribution in [0.15, 0.2) is 46.1 Å². The van der Waals surface area contributed by atoms with E-state index in [1.165, 1.54) is 10.0 Å². The van der Waals surface area contributed by atoms with Crippen LogP contribution in [0, 0.1) is 20.8 Å². The second-order valence-electron chi connectivity index (χ2n) is 5.38. The summed E-state index contributed by atoms with van der Waals surface area (Å²) in [6.45, 7) is 5.44.